The molecule has 4 rings (SSSR count). The highest BCUT2D eigenvalue weighted by Crippen LogP contribution is 2.34. The SMILES string of the molecule is CC(C)Oc1cc2c(OCC[C@@H]3C[C@H](C4(O)COC4)C(=O)N3)nccc2cc1C(N)=O. The Morgan fingerprint density at radius 3 is 2.84 bits per heavy atom. The summed E-state index contributed by atoms with van der Waals surface area (Å²) < 4.78 is 16.7. The number of nitrogens with two attached hydrogens (primary N) is 1. The highest BCUT2D eigenvalue weighted by atomic mass is 16.5. The number of fused-ring (bicyclic) bond motifs is 1. The Balaban J connectivity index is 1.46. The molecule has 2 atom stereocenters. The predicted octanol–water partition coefficient (Wildman–Crippen LogP) is 1.16. The van der Waals surface area contributed by atoms with Crippen molar-refractivity contribution in [3.8, 4) is 11.6 Å². The van der Waals surface area contributed by atoms with E-state index in [-0.39, 0.29) is 31.3 Å². The number of nitrogens with one attached hydrogen (secondary N) is 1. The molecule has 0 radical (unpaired) electrons. The zero-order valence-electron chi connectivity index (χ0n) is 17.6. The molecule has 3 heterocycles. The van der Waals surface area contributed by atoms with Crippen molar-refractivity contribution in [2.45, 2.75) is 44.4 Å². The van der Waals surface area contributed by atoms with Gasteiger partial charge in [0.25, 0.3) is 5.91 Å². The van der Waals surface area contributed by atoms with E-state index in [1.807, 2.05) is 13.8 Å². The Morgan fingerprint density at radius 2 is 2.19 bits per heavy atom. The van der Waals surface area contributed by atoms with Crippen LogP contribution in [-0.4, -0.2) is 59.5 Å². The maximum absolute atomic E-state index is 12.2. The van der Waals surface area contributed by atoms with Gasteiger partial charge >= 0.3 is 0 Å². The van der Waals surface area contributed by atoms with Gasteiger partial charge < -0.3 is 30.4 Å². The van der Waals surface area contributed by atoms with Crippen molar-refractivity contribution in [1.82, 2.24) is 10.3 Å². The summed E-state index contributed by atoms with van der Waals surface area (Å²) in [4.78, 5) is 28.4. The summed E-state index contributed by atoms with van der Waals surface area (Å²) in [5.41, 5.74) is 4.76. The van der Waals surface area contributed by atoms with Crippen LogP contribution in [0.1, 0.15) is 37.0 Å². The molecule has 1 aromatic carbocycles. The molecule has 2 fully saturated rings. The normalized spacial score (nSPS) is 22.3. The van der Waals surface area contributed by atoms with E-state index in [9.17, 15) is 14.7 Å². The van der Waals surface area contributed by atoms with Gasteiger partial charge in [-0.25, -0.2) is 4.98 Å². The molecule has 2 aliphatic heterocycles. The number of ether oxygens (including phenoxy) is 3. The predicted molar refractivity (Wildman–Crippen MR) is 112 cm³/mol. The van der Waals surface area contributed by atoms with E-state index in [2.05, 4.69) is 10.3 Å². The summed E-state index contributed by atoms with van der Waals surface area (Å²) in [6.07, 6.45) is 2.59. The lowest BCUT2D eigenvalue weighted by molar-refractivity contribution is -0.205. The average Bonchev–Trinajstić information content (AvgIpc) is 3.06. The fourth-order valence-corrected chi connectivity index (χ4v) is 4.05. The molecule has 0 aliphatic carbocycles. The third-order valence-electron chi connectivity index (χ3n) is 5.70. The van der Waals surface area contributed by atoms with Gasteiger partial charge in [-0.15, -0.1) is 0 Å². The molecule has 2 saturated heterocycles. The summed E-state index contributed by atoms with van der Waals surface area (Å²) in [5, 5.41) is 14.8. The molecule has 4 N–H and O–H groups in total. The van der Waals surface area contributed by atoms with Crippen molar-refractivity contribution < 1.29 is 28.9 Å². The Morgan fingerprint density at radius 1 is 1.42 bits per heavy atom. The Kier molecular flexibility index (Phi) is 5.72. The van der Waals surface area contributed by atoms with Gasteiger partial charge in [0.1, 0.15) is 11.4 Å². The highest BCUT2D eigenvalue weighted by Gasteiger charge is 2.51. The minimum atomic E-state index is -1.05. The van der Waals surface area contributed by atoms with Crippen LogP contribution in [-0.2, 0) is 9.53 Å². The van der Waals surface area contributed by atoms with E-state index in [0.717, 1.165) is 5.39 Å². The Labute approximate surface area is 179 Å². The molecule has 0 spiro atoms. The molecule has 2 amide bonds. The lowest BCUT2D eigenvalue weighted by atomic mass is 9.83. The summed E-state index contributed by atoms with van der Waals surface area (Å²) in [6, 6.07) is 5.08. The zero-order chi connectivity index (χ0) is 22.2. The molecular formula is C22H27N3O6. The fourth-order valence-electron chi connectivity index (χ4n) is 4.05. The van der Waals surface area contributed by atoms with Crippen LogP contribution in [0.5, 0.6) is 11.6 Å². The van der Waals surface area contributed by atoms with Crippen LogP contribution in [0.2, 0.25) is 0 Å². The first-order chi connectivity index (χ1) is 14.8. The molecule has 0 unspecified atom stereocenters. The molecule has 9 heteroatoms. The van der Waals surface area contributed by atoms with E-state index in [1.54, 1.807) is 24.4 Å². The first-order valence-electron chi connectivity index (χ1n) is 10.4. The number of carbonyl (C=O) groups excluding carboxylic acids is 2. The molecule has 0 bridgehead atoms. The van der Waals surface area contributed by atoms with Crippen LogP contribution in [0.3, 0.4) is 0 Å². The minimum absolute atomic E-state index is 0.0848. The Hall–Kier alpha value is -2.91. The maximum atomic E-state index is 12.2. The van der Waals surface area contributed by atoms with Gasteiger partial charge in [0.15, 0.2) is 0 Å². The molecule has 31 heavy (non-hydrogen) atoms. The minimum Gasteiger partial charge on any atom is -0.490 e. The lowest BCUT2D eigenvalue weighted by Gasteiger charge is -2.39. The Bertz CT molecular complexity index is 1000. The largest absolute Gasteiger partial charge is 0.490 e. The molecule has 0 saturated carbocycles. The molecular weight excluding hydrogens is 402 g/mol. The van der Waals surface area contributed by atoms with Crippen molar-refractivity contribution in [2.24, 2.45) is 11.7 Å². The van der Waals surface area contributed by atoms with Crippen LogP contribution < -0.4 is 20.5 Å². The van der Waals surface area contributed by atoms with Gasteiger partial charge in [0.2, 0.25) is 11.8 Å². The van der Waals surface area contributed by atoms with Gasteiger partial charge in [-0.2, -0.15) is 0 Å². The van der Waals surface area contributed by atoms with Crippen LogP contribution >= 0.6 is 0 Å². The van der Waals surface area contributed by atoms with E-state index in [0.29, 0.717) is 42.0 Å². The highest BCUT2D eigenvalue weighted by molar-refractivity contribution is 6.01. The smallest absolute Gasteiger partial charge is 0.252 e. The number of aromatic nitrogens is 1. The average molecular weight is 429 g/mol. The van der Waals surface area contributed by atoms with E-state index < -0.39 is 17.4 Å². The van der Waals surface area contributed by atoms with Gasteiger partial charge in [0, 0.05) is 24.0 Å². The van der Waals surface area contributed by atoms with Crippen LogP contribution in [0.4, 0.5) is 0 Å². The second-order valence-electron chi connectivity index (χ2n) is 8.44. The number of pyridine rings is 1. The topological polar surface area (TPSA) is 133 Å². The van der Waals surface area contributed by atoms with E-state index in [4.69, 9.17) is 19.9 Å². The van der Waals surface area contributed by atoms with Crippen LogP contribution in [0.25, 0.3) is 10.8 Å². The third kappa shape index (κ3) is 4.28. The number of aliphatic hydroxyl groups is 1. The van der Waals surface area contributed by atoms with Crippen LogP contribution in [0, 0.1) is 5.92 Å². The molecule has 2 aliphatic rings. The van der Waals surface area contributed by atoms with Crippen molar-refractivity contribution in [3.63, 3.8) is 0 Å². The van der Waals surface area contributed by atoms with E-state index in [1.165, 1.54) is 0 Å². The zero-order valence-corrected chi connectivity index (χ0v) is 17.6. The number of primary amides is 1. The second-order valence-corrected chi connectivity index (χ2v) is 8.44. The first kappa shape index (κ1) is 21.3. The lowest BCUT2D eigenvalue weighted by Crippen LogP contribution is -2.57. The number of amides is 2. The van der Waals surface area contributed by atoms with E-state index >= 15 is 0 Å². The van der Waals surface area contributed by atoms with Crippen molar-refractivity contribution in [1.29, 1.82) is 0 Å². The third-order valence-corrected chi connectivity index (χ3v) is 5.70. The van der Waals surface area contributed by atoms with Gasteiger partial charge in [-0.1, -0.05) is 0 Å². The van der Waals surface area contributed by atoms with Crippen LogP contribution in [0.15, 0.2) is 24.4 Å². The number of nitrogens with zero attached hydrogens (tertiary/aromatic N) is 1. The molecule has 166 valence electrons. The number of rotatable bonds is 8. The second kappa shape index (κ2) is 8.32. The van der Waals surface area contributed by atoms with Gasteiger partial charge in [0.05, 0.1) is 37.4 Å². The summed E-state index contributed by atoms with van der Waals surface area (Å²) in [5.74, 6) is -0.371. The number of carbonyl (C=O) groups is 2. The van der Waals surface area contributed by atoms with Crippen molar-refractivity contribution >= 4 is 22.6 Å². The number of benzene rings is 1. The quantitative estimate of drug-likeness (QED) is 0.573. The maximum Gasteiger partial charge on any atom is 0.252 e. The molecule has 1 aromatic heterocycles. The van der Waals surface area contributed by atoms with Crippen molar-refractivity contribution in [3.05, 3.63) is 30.0 Å². The summed E-state index contributed by atoms with van der Waals surface area (Å²) >= 11 is 0. The number of hydrogen-bond acceptors (Lipinski definition) is 7. The summed E-state index contributed by atoms with van der Waals surface area (Å²) in [7, 11) is 0. The van der Waals surface area contributed by atoms with Gasteiger partial charge in [-0.3, -0.25) is 9.59 Å². The molecule has 2 aromatic rings. The summed E-state index contributed by atoms with van der Waals surface area (Å²) in [6.45, 7) is 4.46. The fraction of sp³-hybridized carbons (Fsp3) is 0.500. The van der Waals surface area contributed by atoms with Crippen molar-refractivity contribution in [2.75, 3.05) is 19.8 Å². The standard InChI is InChI=1S/C22H27N3O6/c1-12(2)31-18-9-15-13(7-16(18)19(23)26)3-5-24-21(15)30-6-4-14-8-17(20(27)25-14)22(28)10-29-11-22/h3,5,7,9,12,14,17,28H,4,6,8,10-11H2,1-2H3,(H2,23,26)(H,25,27)/t14-,17+/m1/s1. The van der Waals surface area contributed by atoms with Gasteiger partial charge in [-0.05, 0) is 43.9 Å². The number of hydrogen-bond donors (Lipinski definition) is 3. The first-order valence-corrected chi connectivity index (χ1v) is 10.4. The monoisotopic (exact) mass is 429 g/mol. The molecule has 9 nitrogen and oxygen atoms in total.